The zero-order valence-corrected chi connectivity index (χ0v) is 12.5. The van der Waals surface area contributed by atoms with Crippen LogP contribution in [0.5, 0.6) is 0 Å². The van der Waals surface area contributed by atoms with E-state index in [-0.39, 0.29) is 5.69 Å². The number of aromatic nitrogens is 2. The van der Waals surface area contributed by atoms with Gasteiger partial charge in [-0.25, -0.2) is 9.78 Å². The number of hydrogen-bond acceptors (Lipinski definition) is 2. The van der Waals surface area contributed by atoms with E-state index in [1.807, 2.05) is 13.0 Å². The number of nitrogens with zero attached hydrogens (tertiary/aromatic N) is 2. The minimum absolute atomic E-state index is 0.0814. The van der Waals surface area contributed by atoms with Gasteiger partial charge >= 0.3 is 5.97 Å². The highest BCUT2D eigenvalue weighted by Crippen LogP contribution is 2.32. The Kier molecular flexibility index (Phi) is 3.35. The fourth-order valence-corrected chi connectivity index (χ4v) is 2.72. The molecule has 0 atom stereocenters. The van der Waals surface area contributed by atoms with Gasteiger partial charge in [0.05, 0.1) is 5.02 Å². The van der Waals surface area contributed by atoms with Crippen LogP contribution in [0.1, 0.15) is 16.1 Å². The maximum atomic E-state index is 11.6. The van der Waals surface area contributed by atoms with Crippen LogP contribution in [0.2, 0.25) is 10.0 Å². The molecule has 3 aromatic rings. The molecule has 0 saturated heterocycles. The minimum atomic E-state index is -1.06. The van der Waals surface area contributed by atoms with E-state index in [0.717, 1.165) is 5.56 Å². The molecular formula is C15H10Cl2N2O2. The van der Waals surface area contributed by atoms with Crippen LogP contribution in [0.3, 0.4) is 0 Å². The maximum Gasteiger partial charge on any atom is 0.355 e. The second-order valence-corrected chi connectivity index (χ2v) is 5.52. The molecule has 3 rings (SSSR count). The largest absolute Gasteiger partial charge is 0.476 e. The summed E-state index contributed by atoms with van der Waals surface area (Å²) < 4.78 is 1.55. The van der Waals surface area contributed by atoms with Crippen LogP contribution in [0.4, 0.5) is 0 Å². The third-order valence-corrected chi connectivity index (χ3v) is 3.70. The van der Waals surface area contributed by atoms with Gasteiger partial charge in [-0.2, -0.15) is 0 Å². The molecule has 2 aromatic heterocycles. The second-order valence-electron chi connectivity index (χ2n) is 4.67. The molecule has 0 bridgehead atoms. The summed E-state index contributed by atoms with van der Waals surface area (Å²) in [6, 6.07) is 8.55. The quantitative estimate of drug-likeness (QED) is 0.765. The Morgan fingerprint density at radius 1 is 1.24 bits per heavy atom. The molecule has 21 heavy (non-hydrogen) atoms. The summed E-state index contributed by atoms with van der Waals surface area (Å²) in [5.41, 5.74) is 2.45. The Hall–Kier alpha value is -2.04. The van der Waals surface area contributed by atoms with Gasteiger partial charge in [-0.1, -0.05) is 29.3 Å². The van der Waals surface area contributed by atoms with Gasteiger partial charge in [0.15, 0.2) is 5.69 Å². The van der Waals surface area contributed by atoms with Crippen LogP contribution in [0, 0.1) is 6.92 Å². The lowest BCUT2D eigenvalue weighted by Crippen LogP contribution is -2.04. The fourth-order valence-electron chi connectivity index (χ4n) is 2.22. The van der Waals surface area contributed by atoms with Crippen molar-refractivity contribution < 1.29 is 9.90 Å². The van der Waals surface area contributed by atoms with Crippen LogP contribution in [0.25, 0.3) is 16.9 Å². The number of carboxylic acid groups (broad SMARTS) is 1. The van der Waals surface area contributed by atoms with E-state index in [1.165, 1.54) is 0 Å². The number of pyridine rings is 1. The normalized spacial score (nSPS) is 11.0. The molecule has 0 amide bonds. The fraction of sp³-hybridized carbons (Fsp3) is 0.0667. The van der Waals surface area contributed by atoms with Crippen molar-refractivity contribution in [3.05, 3.63) is 57.8 Å². The number of aryl methyl sites for hydroxylation is 1. The van der Waals surface area contributed by atoms with Crippen molar-refractivity contribution in [2.45, 2.75) is 6.92 Å². The van der Waals surface area contributed by atoms with E-state index < -0.39 is 5.97 Å². The molecule has 4 nitrogen and oxygen atoms in total. The lowest BCUT2D eigenvalue weighted by molar-refractivity contribution is 0.0690. The zero-order valence-electron chi connectivity index (χ0n) is 11.0. The Morgan fingerprint density at radius 2 is 2.00 bits per heavy atom. The minimum Gasteiger partial charge on any atom is -0.476 e. The number of hydrogen-bond donors (Lipinski definition) is 1. The first-order chi connectivity index (χ1) is 9.97. The van der Waals surface area contributed by atoms with Crippen LogP contribution in [-0.4, -0.2) is 20.5 Å². The number of carboxylic acids is 1. The highest BCUT2D eigenvalue weighted by Gasteiger charge is 2.21. The van der Waals surface area contributed by atoms with Crippen LogP contribution in [0.15, 0.2) is 36.5 Å². The molecular weight excluding hydrogens is 311 g/mol. The summed E-state index contributed by atoms with van der Waals surface area (Å²) in [5.74, 6) is -1.06. The number of imidazole rings is 1. The summed E-state index contributed by atoms with van der Waals surface area (Å²) in [7, 11) is 0. The van der Waals surface area contributed by atoms with Gasteiger partial charge in [0, 0.05) is 16.8 Å². The first-order valence-electron chi connectivity index (χ1n) is 6.15. The van der Waals surface area contributed by atoms with E-state index >= 15 is 0 Å². The van der Waals surface area contributed by atoms with E-state index in [1.54, 1.807) is 34.9 Å². The third-order valence-electron chi connectivity index (χ3n) is 3.16. The monoisotopic (exact) mass is 320 g/mol. The highest BCUT2D eigenvalue weighted by atomic mass is 35.5. The molecule has 0 radical (unpaired) electrons. The zero-order chi connectivity index (χ0) is 15.1. The molecule has 0 aliphatic heterocycles. The number of carbonyl (C=O) groups is 1. The smallest absolute Gasteiger partial charge is 0.355 e. The Balaban J connectivity index is 2.36. The highest BCUT2D eigenvalue weighted by molar-refractivity contribution is 6.36. The molecule has 6 heteroatoms. The SMILES string of the molecule is Cc1ccc2nc(-c3ccc(Cl)cc3Cl)c(C(=O)O)n2c1. The van der Waals surface area contributed by atoms with Crippen molar-refractivity contribution in [1.82, 2.24) is 9.38 Å². The third kappa shape index (κ3) is 2.37. The summed E-state index contributed by atoms with van der Waals surface area (Å²) in [4.78, 5) is 16.0. The standard InChI is InChI=1S/C15H10Cl2N2O2/c1-8-2-5-12-18-13(14(15(20)21)19(12)7-8)10-4-3-9(16)6-11(10)17/h2-7H,1H3,(H,20,21). The van der Waals surface area contributed by atoms with Gasteiger partial charge in [-0.15, -0.1) is 0 Å². The predicted molar refractivity (Wildman–Crippen MR) is 82.3 cm³/mol. The Bertz CT molecular complexity index is 871. The molecule has 0 spiro atoms. The predicted octanol–water partition coefficient (Wildman–Crippen LogP) is 4.31. The topological polar surface area (TPSA) is 54.6 Å². The first kappa shape index (κ1) is 13.9. The van der Waals surface area contributed by atoms with E-state index in [2.05, 4.69) is 4.98 Å². The number of benzene rings is 1. The van der Waals surface area contributed by atoms with Crippen molar-refractivity contribution in [1.29, 1.82) is 0 Å². The van der Waals surface area contributed by atoms with Crippen molar-refractivity contribution in [3.63, 3.8) is 0 Å². The number of halogens is 2. The van der Waals surface area contributed by atoms with Gasteiger partial charge in [0.2, 0.25) is 0 Å². The summed E-state index contributed by atoms with van der Waals surface area (Å²) in [6.45, 7) is 1.89. The summed E-state index contributed by atoms with van der Waals surface area (Å²) in [6.07, 6.45) is 1.74. The van der Waals surface area contributed by atoms with E-state index in [4.69, 9.17) is 23.2 Å². The molecule has 1 N–H and O–H groups in total. The number of rotatable bonds is 2. The molecule has 106 valence electrons. The lowest BCUT2D eigenvalue weighted by atomic mass is 10.1. The van der Waals surface area contributed by atoms with Gasteiger partial charge in [0.1, 0.15) is 11.3 Å². The second kappa shape index (κ2) is 5.06. The van der Waals surface area contributed by atoms with Gasteiger partial charge in [-0.05, 0) is 36.8 Å². The molecule has 2 heterocycles. The average Bonchev–Trinajstić information content (AvgIpc) is 2.76. The first-order valence-corrected chi connectivity index (χ1v) is 6.90. The van der Waals surface area contributed by atoms with Gasteiger partial charge in [0.25, 0.3) is 0 Å². The van der Waals surface area contributed by atoms with Crippen LogP contribution >= 0.6 is 23.2 Å². The molecule has 0 fully saturated rings. The van der Waals surface area contributed by atoms with Crippen molar-refractivity contribution in [2.75, 3.05) is 0 Å². The summed E-state index contributed by atoms with van der Waals surface area (Å²) >= 11 is 12.1. The molecule has 0 unspecified atom stereocenters. The average molecular weight is 321 g/mol. The van der Waals surface area contributed by atoms with Crippen LogP contribution in [-0.2, 0) is 0 Å². The molecule has 1 aromatic carbocycles. The molecule has 0 aliphatic carbocycles. The van der Waals surface area contributed by atoms with Gasteiger partial charge < -0.3 is 5.11 Å². The van der Waals surface area contributed by atoms with Crippen molar-refractivity contribution >= 4 is 34.8 Å². The van der Waals surface area contributed by atoms with Crippen molar-refractivity contribution in [3.8, 4) is 11.3 Å². The van der Waals surface area contributed by atoms with Gasteiger partial charge in [-0.3, -0.25) is 4.40 Å². The van der Waals surface area contributed by atoms with Crippen molar-refractivity contribution in [2.24, 2.45) is 0 Å². The number of aromatic carboxylic acids is 1. The number of fused-ring (bicyclic) bond motifs is 1. The van der Waals surface area contributed by atoms with E-state index in [0.29, 0.717) is 26.9 Å². The lowest BCUT2D eigenvalue weighted by Gasteiger charge is -2.03. The van der Waals surface area contributed by atoms with E-state index in [9.17, 15) is 9.90 Å². The Morgan fingerprint density at radius 3 is 2.67 bits per heavy atom. The molecule has 0 saturated carbocycles. The Labute approximate surface area is 130 Å². The maximum absolute atomic E-state index is 11.6. The van der Waals surface area contributed by atoms with Crippen LogP contribution < -0.4 is 0 Å². The molecule has 0 aliphatic rings. The summed E-state index contributed by atoms with van der Waals surface area (Å²) in [5, 5.41) is 10.4.